The van der Waals surface area contributed by atoms with Gasteiger partial charge in [-0.05, 0) is 31.7 Å². The molecule has 2 saturated heterocycles. The van der Waals surface area contributed by atoms with Gasteiger partial charge >= 0.3 is 0 Å². The normalized spacial score (nSPS) is 26.8. The number of benzene rings is 1. The molecule has 6 rings (SSSR count). The van der Waals surface area contributed by atoms with Gasteiger partial charge in [-0.3, -0.25) is 9.36 Å². The van der Waals surface area contributed by atoms with Crippen LogP contribution >= 0.6 is 0 Å². The van der Waals surface area contributed by atoms with E-state index in [1.807, 2.05) is 29.7 Å². The molecule has 4 atom stereocenters. The van der Waals surface area contributed by atoms with Crippen LogP contribution in [-0.2, 0) is 25.4 Å². The highest BCUT2D eigenvalue weighted by Crippen LogP contribution is 2.49. The van der Waals surface area contributed by atoms with E-state index < -0.39 is 30.3 Å². The van der Waals surface area contributed by atoms with Crippen LogP contribution in [0.25, 0.3) is 11.2 Å². The van der Waals surface area contributed by atoms with Crippen molar-refractivity contribution in [2.45, 2.75) is 75.8 Å². The van der Waals surface area contributed by atoms with Crippen LogP contribution in [0.1, 0.15) is 50.8 Å². The van der Waals surface area contributed by atoms with Crippen LogP contribution in [0.3, 0.4) is 0 Å². The highest BCUT2D eigenvalue weighted by Gasteiger charge is 2.60. The molecule has 1 aliphatic carbocycles. The third-order valence-electron chi connectivity index (χ3n) is 7.30. The lowest BCUT2D eigenvalue weighted by atomic mass is 9.94. The lowest BCUT2D eigenvalue weighted by Gasteiger charge is -2.34. The van der Waals surface area contributed by atoms with E-state index >= 15 is 0 Å². The second kappa shape index (κ2) is 9.76. The van der Waals surface area contributed by atoms with Crippen molar-refractivity contribution in [3.8, 4) is 0 Å². The molecule has 1 saturated carbocycles. The maximum absolute atomic E-state index is 12.9. The van der Waals surface area contributed by atoms with Gasteiger partial charge in [0.1, 0.15) is 18.5 Å². The highest BCUT2D eigenvalue weighted by atomic mass is 16.8. The Balaban J connectivity index is 1.26. The summed E-state index contributed by atoms with van der Waals surface area (Å²) in [6.07, 6.45) is 6.76. The van der Waals surface area contributed by atoms with Gasteiger partial charge in [0.25, 0.3) is 5.91 Å². The van der Waals surface area contributed by atoms with Gasteiger partial charge in [0, 0.05) is 25.9 Å². The zero-order valence-electron chi connectivity index (χ0n) is 20.4. The summed E-state index contributed by atoms with van der Waals surface area (Å²) < 4.78 is 21.2. The van der Waals surface area contributed by atoms with Crippen LogP contribution in [0.2, 0.25) is 0 Å². The summed E-state index contributed by atoms with van der Waals surface area (Å²) in [5.41, 5.74) is 2.52. The molecule has 190 valence electrons. The van der Waals surface area contributed by atoms with Crippen molar-refractivity contribution in [1.82, 2.24) is 24.8 Å². The SMILES string of the molecule is CCNC(=O)[C@H]1O[C@@H](n2cnc3c(NCCc4ccccc4)ncnc32)[C@@H]2OC3(CCCCC3)O[C@@H]21. The summed E-state index contributed by atoms with van der Waals surface area (Å²) in [5, 5.41) is 6.27. The lowest BCUT2D eigenvalue weighted by molar-refractivity contribution is -0.229. The number of carbonyl (C=O) groups excluding carboxylic acids is 1. The van der Waals surface area contributed by atoms with E-state index in [2.05, 4.69) is 37.7 Å². The maximum Gasteiger partial charge on any atom is 0.252 e. The highest BCUT2D eigenvalue weighted by molar-refractivity contribution is 5.83. The molecule has 3 fully saturated rings. The van der Waals surface area contributed by atoms with Crippen LogP contribution in [0.15, 0.2) is 43.0 Å². The molecule has 10 heteroatoms. The average molecular weight is 493 g/mol. The van der Waals surface area contributed by atoms with E-state index in [9.17, 15) is 4.79 Å². The zero-order chi connectivity index (χ0) is 24.5. The van der Waals surface area contributed by atoms with Gasteiger partial charge in [-0.15, -0.1) is 0 Å². The summed E-state index contributed by atoms with van der Waals surface area (Å²) in [5.74, 6) is -0.166. The number of nitrogens with one attached hydrogen (secondary N) is 2. The largest absolute Gasteiger partial charge is 0.368 e. The summed E-state index contributed by atoms with van der Waals surface area (Å²) in [6, 6.07) is 10.3. The summed E-state index contributed by atoms with van der Waals surface area (Å²) >= 11 is 0. The number of ether oxygens (including phenoxy) is 3. The summed E-state index contributed by atoms with van der Waals surface area (Å²) in [7, 11) is 0. The molecule has 0 radical (unpaired) electrons. The molecule has 4 heterocycles. The number of carbonyl (C=O) groups is 1. The molecule has 0 unspecified atom stereocenters. The first-order valence-electron chi connectivity index (χ1n) is 12.9. The van der Waals surface area contributed by atoms with Crippen molar-refractivity contribution >= 4 is 22.9 Å². The topological polar surface area (TPSA) is 112 Å². The molecule has 2 aliphatic heterocycles. The summed E-state index contributed by atoms with van der Waals surface area (Å²) in [4.78, 5) is 26.4. The minimum atomic E-state index is -0.760. The quantitative estimate of drug-likeness (QED) is 0.518. The Morgan fingerprint density at radius 2 is 1.89 bits per heavy atom. The molecule has 36 heavy (non-hydrogen) atoms. The first kappa shape index (κ1) is 23.3. The van der Waals surface area contributed by atoms with Gasteiger partial charge in [-0.2, -0.15) is 0 Å². The van der Waals surface area contributed by atoms with Gasteiger partial charge < -0.3 is 24.8 Å². The number of imidazole rings is 1. The van der Waals surface area contributed by atoms with Gasteiger partial charge in [-0.1, -0.05) is 36.8 Å². The minimum absolute atomic E-state index is 0.186. The molecule has 10 nitrogen and oxygen atoms in total. The Morgan fingerprint density at radius 3 is 2.69 bits per heavy atom. The number of fused-ring (bicyclic) bond motifs is 2. The molecule has 3 aromatic rings. The standard InChI is InChI=1S/C26H32N6O4/c1-2-27-24(33)20-19-21(36-26(35-19)12-7-4-8-13-26)25(34-20)32-16-31-18-22(29-15-30-23(18)32)28-14-11-17-9-5-3-6-10-17/h3,5-6,9-10,15-16,19-21,25H,2,4,7-8,11-14H2,1H3,(H,27,33)(H,28,29,30)/t19-,20+,21-,25-/m1/s1. The molecular formula is C26H32N6O4. The van der Waals surface area contributed by atoms with Crippen LogP contribution in [-0.4, -0.2) is 62.6 Å². The fraction of sp³-hybridized carbons (Fsp3) is 0.538. The van der Waals surface area contributed by atoms with Gasteiger partial charge in [0.2, 0.25) is 0 Å². The van der Waals surface area contributed by atoms with Crippen LogP contribution in [0.4, 0.5) is 5.82 Å². The van der Waals surface area contributed by atoms with Gasteiger partial charge in [0.15, 0.2) is 35.1 Å². The van der Waals surface area contributed by atoms with E-state index in [-0.39, 0.29) is 5.91 Å². The van der Waals surface area contributed by atoms with E-state index in [0.717, 1.165) is 32.1 Å². The number of anilines is 1. The predicted octanol–water partition coefficient (Wildman–Crippen LogP) is 2.96. The number of amides is 1. The third kappa shape index (κ3) is 4.23. The van der Waals surface area contributed by atoms with Crippen molar-refractivity contribution in [1.29, 1.82) is 0 Å². The monoisotopic (exact) mass is 492 g/mol. The molecular weight excluding hydrogens is 460 g/mol. The second-order valence-electron chi connectivity index (χ2n) is 9.69. The fourth-order valence-electron chi connectivity index (χ4n) is 5.59. The number of rotatable bonds is 7. The number of hydrogen-bond donors (Lipinski definition) is 2. The van der Waals surface area contributed by atoms with E-state index in [1.165, 1.54) is 18.3 Å². The third-order valence-corrected chi connectivity index (χ3v) is 7.30. The Kier molecular flexibility index (Phi) is 6.32. The molecule has 1 amide bonds. The smallest absolute Gasteiger partial charge is 0.252 e. The first-order valence-corrected chi connectivity index (χ1v) is 12.9. The van der Waals surface area contributed by atoms with Gasteiger partial charge in [-0.25, -0.2) is 15.0 Å². The van der Waals surface area contributed by atoms with E-state index in [0.29, 0.717) is 30.1 Å². The number of likely N-dealkylation sites (N-methyl/N-ethyl adjacent to an activating group) is 1. The van der Waals surface area contributed by atoms with E-state index in [1.54, 1.807) is 6.33 Å². The number of nitrogens with zero attached hydrogens (tertiary/aromatic N) is 4. The van der Waals surface area contributed by atoms with Gasteiger partial charge in [0.05, 0.1) is 6.33 Å². The number of hydrogen-bond acceptors (Lipinski definition) is 8. The molecule has 2 aromatic heterocycles. The Bertz CT molecular complexity index is 1210. The summed E-state index contributed by atoms with van der Waals surface area (Å²) in [6.45, 7) is 3.13. The minimum Gasteiger partial charge on any atom is -0.368 e. The Morgan fingerprint density at radius 1 is 1.08 bits per heavy atom. The molecule has 2 N–H and O–H groups in total. The second-order valence-corrected chi connectivity index (χ2v) is 9.69. The number of aromatic nitrogens is 4. The Hall–Kier alpha value is -3.08. The van der Waals surface area contributed by atoms with Crippen molar-refractivity contribution in [2.24, 2.45) is 0 Å². The predicted molar refractivity (Wildman–Crippen MR) is 132 cm³/mol. The molecule has 0 bridgehead atoms. The van der Waals surface area contributed by atoms with Crippen LogP contribution < -0.4 is 10.6 Å². The van der Waals surface area contributed by atoms with E-state index in [4.69, 9.17) is 14.2 Å². The maximum atomic E-state index is 12.9. The fourth-order valence-corrected chi connectivity index (χ4v) is 5.59. The lowest BCUT2D eigenvalue weighted by Crippen LogP contribution is -2.43. The van der Waals surface area contributed by atoms with Crippen molar-refractivity contribution < 1.29 is 19.0 Å². The van der Waals surface area contributed by atoms with Crippen LogP contribution in [0, 0.1) is 0 Å². The van der Waals surface area contributed by atoms with Crippen LogP contribution in [0.5, 0.6) is 0 Å². The molecule has 3 aliphatic rings. The van der Waals surface area contributed by atoms with Crippen molar-refractivity contribution in [3.63, 3.8) is 0 Å². The molecule has 1 aromatic carbocycles. The zero-order valence-corrected chi connectivity index (χ0v) is 20.4. The Labute approximate surface area is 209 Å². The molecule has 1 spiro atoms. The average Bonchev–Trinajstić information content (AvgIpc) is 3.57. The first-order chi connectivity index (χ1) is 17.7. The van der Waals surface area contributed by atoms with Crippen molar-refractivity contribution in [2.75, 3.05) is 18.4 Å². The van der Waals surface area contributed by atoms with Crippen molar-refractivity contribution in [3.05, 3.63) is 48.5 Å².